The zero-order valence-electron chi connectivity index (χ0n) is 7.13. The Balaban J connectivity index is 2.77. The fourth-order valence-electron chi connectivity index (χ4n) is 1.05. The molecule has 0 aromatic carbocycles. The van der Waals surface area contributed by atoms with E-state index in [2.05, 4.69) is 37.5 Å². The Labute approximate surface area is 73.1 Å². The van der Waals surface area contributed by atoms with Crippen molar-refractivity contribution in [2.45, 2.75) is 19.8 Å². The average molecular weight is 166 g/mol. The van der Waals surface area contributed by atoms with E-state index in [1.165, 1.54) is 10.5 Å². The second kappa shape index (κ2) is 4.45. The lowest BCUT2D eigenvalue weighted by Crippen LogP contribution is -1.75. The van der Waals surface area contributed by atoms with E-state index in [0.717, 1.165) is 12.8 Å². The predicted molar refractivity (Wildman–Crippen MR) is 53.7 cm³/mol. The molecule has 0 amide bonds. The van der Waals surface area contributed by atoms with Crippen LogP contribution < -0.4 is 0 Å². The Morgan fingerprint density at radius 3 is 3.00 bits per heavy atom. The molecule has 0 aromatic heterocycles. The predicted octanol–water partition coefficient (Wildman–Crippen LogP) is 3.53. The first-order valence-electron chi connectivity index (χ1n) is 3.97. The maximum absolute atomic E-state index is 2.30. The molecule has 0 N–H and O–H groups in total. The average Bonchev–Trinajstić information content (AvgIpc) is 2.28. The molecule has 0 nitrogen and oxygen atoms in total. The highest BCUT2D eigenvalue weighted by Crippen LogP contribution is 2.22. The van der Waals surface area contributed by atoms with E-state index >= 15 is 0 Å². The monoisotopic (exact) mass is 166 g/mol. The summed E-state index contributed by atoms with van der Waals surface area (Å²) in [6.07, 6.45) is 13.2. The molecular formula is C10H14S. The molecule has 0 saturated heterocycles. The Morgan fingerprint density at radius 2 is 2.36 bits per heavy atom. The standard InChI is InChI=1S/C10H14S/c1-3-9-6-4-5-7-10(8-9)11-2/h4-6,8H,3,7H2,1-2H3. The molecule has 1 heteroatoms. The van der Waals surface area contributed by atoms with Gasteiger partial charge in [-0.1, -0.05) is 25.2 Å². The van der Waals surface area contributed by atoms with Crippen molar-refractivity contribution >= 4 is 11.8 Å². The van der Waals surface area contributed by atoms with E-state index in [1.807, 2.05) is 11.8 Å². The van der Waals surface area contributed by atoms with Gasteiger partial charge >= 0.3 is 0 Å². The molecule has 0 aromatic rings. The summed E-state index contributed by atoms with van der Waals surface area (Å²) < 4.78 is 0. The van der Waals surface area contributed by atoms with Crippen LogP contribution in [0, 0.1) is 0 Å². The second-order valence-corrected chi connectivity index (χ2v) is 3.47. The van der Waals surface area contributed by atoms with E-state index < -0.39 is 0 Å². The van der Waals surface area contributed by atoms with Crippen molar-refractivity contribution in [3.63, 3.8) is 0 Å². The summed E-state index contributed by atoms with van der Waals surface area (Å²) in [6.45, 7) is 2.19. The molecular weight excluding hydrogens is 152 g/mol. The molecule has 0 spiro atoms. The lowest BCUT2D eigenvalue weighted by molar-refractivity contribution is 1.15. The summed E-state index contributed by atoms with van der Waals surface area (Å²) in [5.41, 5.74) is 1.43. The minimum absolute atomic E-state index is 1.10. The van der Waals surface area contributed by atoms with Crippen LogP contribution in [0.3, 0.4) is 0 Å². The Morgan fingerprint density at radius 1 is 1.55 bits per heavy atom. The maximum atomic E-state index is 2.30. The van der Waals surface area contributed by atoms with Gasteiger partial charge in [0, 0.05) is 0 Å². The minimum atomic E-state index is 1.10. The normalized spacial score (nSPS) is 17.3. The zero-order valence-corrected chi connectivity index (χ0v) is 7.95. The highest BCUT2D eigenvalue weighted by molar-refractivity contribution is 8.02. The highest BCUT2D eigenvalue weighted by atomic mass is 32.2. The van der Waals surface area contributed by atoms with Gasteiger partial charge in [-0.15, -0.1) is 11.8 Å². The lowest BCUT2D eigenvalue weighted by atomic mass is 10.2. The third-order valence-electron chi connectivity index (χ3n) is 1.78. The molecule has 0 unspecified atom stereocenters. The molecule has 1 aliphatic carbocycles. The molecule has 11 heavy (non-hydrogen) atoms. The zero-order chi connectivity index (χ0) is 8.10. The van der Waals surface area contributed by atoms with Gasteiger partial charge in [0.05, 0.1) is 0 Å². The van der Waals surface area contributed by atoms with Gasteiger partial charge in [-0.05, 0) is 35.7 Å². The first-order valence-corrected chi connectivity index (χ1v) is 5.19. The van der Waals surface area contributed by atoms with Gasteiger partial charge < -0.3 is 0 Å². The Bertz CT molecular complexity index is 209. The van der Waals surface area contributed by atoms with Crippen molar-refractivity contribution in [3.8, 4) is 0 Å². The van der Waals surface area contributed by atoms with Gasteiger partial charge in [0.25, 0.3) is 0 Å². The van der Waals surface area contributed by atoms with Crippen LogP contribution in [0.4, 0.5) is 0 Å². The van der Waals surface area contributed by atoms with E-state index in [-0.39, 0.29) is 0 Å². The van der Waals surface area contributed by atoms with Crippen LogP contribution in [0.25, 0.3) is 0 Å². The third kappa shape index (κ3) is 2.58. The molecule has 0 heterocycles. The second-order valence-electron chi connectivity index (χ2n) is 2.54. The van der Waals surface area contributed by atoms with Crippen LogP contribution in [-0.4, -0.2) is 6.26 Å². The van der Waals surface area contributed by atoms with E-state index in [9.17, 15) is 0 Å². The Kier molecular flexibility index (Phi) is 3.50. The first-order chi connectivity index (χ1) is 5.36. The van der Waals surface area contributed by atoms with Crippen molar-refractivity contribution in [2.24, 2.45) is 0 Å². The summed E-state index contributed by atoms with van der Waals surface area (Å²) in [5, 5.41) is 0. The molecule has 0 saturated carbocycles. The largest absolute Gasteiger partial charge is 0.134 e. The van der Waals surface area contributed by atoms with Crippen molar-refractivity contribution in [1.82, 2.24) is 0 Å². The van der Waals surface area contributed by atoms with Crippen molar-refractivity contribution in [1.29, 1.82) is 0 Å². The van der Waals surface area contributed by atoms with Crippen LogP contribution in [0.5, 0.6) is 0 Å². The van der Waals surface area contributed by atoms with Crippen molar-refractivity contribution in [3.05, 3.63) is 34.8 Å². The van der Waals surface area contributed by atoms with Crippen LogP contribution >= 0.6 is 11.8 Å². The van der Waals surface area contributed by atoms with E-state index in [1.54, 1.807) is 0 Å². The topological polar surface area (TPSA) is 0 Å². The smallest absolute Gasteiger partial charge is 0.00342 e. The van der Waals surface area contributed by atoms with Gasteiger partial charge in [-0.2, -0.15) is 0 Å². The van der Waals surface area contributed by atoms with Crippen LogP contribution in [0.2, 0.25) is 0 Å². The molecule has 0 radical (unpaired) electrons. The van der Waals surface area contributed by atoms with Crippen LogP contribution in [0.15, 0.2) is 34.8 Å². The SMILES string of the molecule is CCC1=CC=CCC(SC)=C1. The number of hydrogen-bond donors (Lipinski definition) is 0. The number of thioether (sulfide) groups is 1. The molecule has 1 rings (SSSR count). The summed E-state index contributed by atoms with van der Waals surface area (Å²) >= 11 is 1.85. The van der Waals surface area contributed by atoms with Crippen LogP contribution in [0.1, 0.15) is 19.8 Å². The van der Waals surface area contributed by atoms with Gasteiger partial charge in [0.1, 0.15) is 0 Å². The molecule has 0 aliphatic heterocycles. The summed E-state index contributed by atoms with van der Waals surface area (Å²) in [6, 6.07) is 0. The first kappa shape index (κ1) is 8.66. The number of allylic oxidation sites excluding steroid dienone is 6. The molecule has 0 atom stereocenters. The fourth-order valence-corrected chi connectivity index (χ4v) is 1.58. The number of hydrogen-bond acceptors (Lipinski definition) is 1. The molecule has 60 valence electrons. The molecule has 1 aliphatic rings. The van der Waals surface area contributed by atoms with Gasteiger partial charge in [-0.25, -0.2) is 0 Å². The van der Waals surface area contributed by atoms with Gasteiger partial charge in [-0.3, -0.25) is 0 Å². The summed E-state index contributed by atoms with van der Waals surface area (Å²) in [5.74, 6) is 0. The van der Waals surface area contributed by atoms with Crippen molar-refractivity contribution < 1.29 is 0 Å². The summed E-state index contributed by atoms with van der Waals surface area (Å²) in [4.78, 5) is 1.46. The minimum Gasteiger partial charge on any atom is -0.134 e. The Hall–Kier alpha value is -0.430. The van der Waals surface area contributed by atoms with Gasteiger partial charge in [0.2, 0.25) is 0 Å². The van der Waals surface area contributed by atoms with E-state index in [4.69, 9.17) is 0 Å². The fraction of sp³-hybridized carbons (Fsp3) is 0.400. The third-order valence-corrected chi connectivity index (χ3v) is 2.59. The lowest BCUT2D eigenvalue weighted by Gasteiger charge is -1.98. The van der Waals surface area contributed by atoms with E-state index in [0.29, 0.717) is 0 Å². The molecule has 0 bridgehead atoms. The molecule has 0 fully saturated rings. The summed E-state index contributed by atoms with van der Waals surface area (Å²) in [7, 11) is 0. The van der Waals surface area contributed by atoms with Gasteiger partial charge in [0.15, 0.2) is 0 Å². The van der Waals surface area contributed by atoms with Crippen LogP contribution in [-0.2, 0) is 0 Å². The highest BCUT2D eigenvalue weighted by Gasteiger charge is 1.96. The maximum Gasteiger partial charge on any atom is -0.00342 e. The van der Waals surface area contributed by atoms with Crippen molar-refractivity contribution in [2.75, 3.05) is 6.26 Å². The quantitative estimate of drug-likeness (QED) is 0.604. The number of rotatable bonds is 2.